The van der Waals surface area contributed by atoms with E-state index in [0.29, 0.717) is 0 Å². The number of alkyl halides is 3. The average Bonchev–Trinajstić information content (AvgIpc) is 2.88. The molecule has 2 atom stereocenters. The number of hydrogen-bond acceptors (Lipinski definition) is 3. The first-order chi connectivity index (χ1) is 13.3. The maximum Gasteiger partial charge on any atom is 0.490 e. The highest BCUT2D eigenvalue weighted by Gasteiger charge is 2.48. The minimum Gasteiger partial charge on any atom is -0.475 e. The highest BCUT2D eigenvalue weighted by Crippen LogP contribution is 2.52. The lowest BCUT2D eigenvalue weighted by Gasteiger charge is -2.40. The van der Waals surface area contributed by atoms with E-state index in [1.807, 2.05) is 26.8 Å². The van der Waals surface area contributed by atoms with Gasteiger partial charge in [0.25, 0.3) is 0 Å². The van der Waals surface area contributed by atoms with E-state index in [-0.39, 0.29) is 22.0 Å². The molecule has 1 spiro atoms. The van der Waals surface area contributed by atoms with Crippen molar-refractivity contribution in [2.24, 2.45) is 5.41 Å². The lowest BCUT2D eigenvalue weighted by molar-refractivity contribution is -0.192. The van der Waals surface area contributed by atoms with Crippen LogP contribution in [0.15, 0.2) is 18.2 Å². The van der Waals surface area contributed by atoms with E-state index in [1.165, 1.54) is 6.07 Å². The van der Waals surface area contributed by atoms with E-state index in [0.717, 1.165) is 43.5 Å². The van der Waals surface area contributed by atoms with Crippen LogP contribution in [0.2, 0.25) is 0 Å². The van der Waals surface area contributed by atoms with Crippen molar-refractivity contribution in [1.29, 1.82) is 0 Å². The Morgan fingerprint density at radius 1 is 1.24 bits per heavy atom. The van der Waals surface area contributed by atoms with Gasteiger partial charge in [0.1, 0.15) is 5.82 Å². The van der Waals surface area contributed by atoms with Crippen LogP contribution in [0.3, 0.4) is 0 Å². The molecule has 0 saturated carbocycles. The lowest BCUT2D eigenvalue weighted by atomic mass is 9.73. The summed E-state index contributed by atoms with van der Waals surface area (Å²) in [5.74, 6) is -2.93. The number of carboxylic acid groups (broad SMARTS) is 1. The highest BCUT2D eigenvalue weighted by atomic mass is 32.2. The Hall–Kier alpha value is -1.52. The summed E-state index contributed by atoms with van der Waals surface area (Å²) >= 11 is 0. The molecule has 1 fully saturated rings. The molecule has 1 aliphatic carbocycles. The Labute approximate surface area is 169 Å². The standard InChI is InChI=1S/C17H25FN2OS.C2HF3O2/c1-16(2,3)22(21)20-15-14-12(5-4-6-13(14)18)11-17(15)7-9-19-10-8-17;3-2(4,5)1(6)7/h4-6,15,19-20H,7-11H2,1-3H3;(H,6,7)/t15-,22?;/m0./s1. The molecule has 1 heterocycles. The normalized spacial score (nSPS) is 21.8. The third-order valence-electron chi connectivity index (χ3n) is 5.21. The van der Waals surface area contributed by atoms with Crippen LogP contribution in [0, 0.1) is 11.2 Å². The summed E-state index contributed by atoms with van der Waals surface area (Å²) in [5.41, 5.74) is 1.80. The second-order valence-corrected chi connectivity index (χ2v) is 10.3. The maximum atomic E-state index is 14.5. The number of nitrogens with one attached hydrogen (secondary N) is 2. The fourth-order valence-electron chi connectivity index (χ4n) is 3.70. The van der Waals surface area contributed by atoms with Crippen LogP contribution in [0.4, 0.5) is 17.6 Å². The van der Waals surface area contributed by atoms with Gasteiger partial charge in [0, 0.05) is 5.56 Å². The molecule has 29 heavy (non-hydrogen) atoms. The monoisotopic (exact) mass is 438 g/mol. The molecule has 10 heteroatoms. The third kappa shape index (κ3) is 5.55. The first kappa shape index (κ1) is 23.8. The summed E-state index contributed by atoms with van der Waals surface area (Å²) in [6.45, 7) is 7.72. The number of fused-ring (bicyclic) bond motifs is 1. The molecule has 1 aliphatic heterocycles. The van der Waals surface area contributed by atoms with Crippen molar-refractivity contribution >= 4 is 17.0 Å². The number of benzene rings is 1. The molecule has 0 radical (unpaired) electrons. The van der Waals surface area contributed by atoms with Gasteiger partial charge in [0.05, 0.1) is 21.8 Å². The number of aliphatic carboxylic acids is 1. The second-order valence-electron chi connectivity index (χ2n) is 8.34. The largest absolute Gasteiger partial charge is 0.490 e. The quantitative estimate of drug-likeness (QED) is 0.618. The number of carboxylic acids is 1. The van der Waals surface area contributed by atoms with Crippen molar-refractivity contribution < 1.29 is 31.7 Å². The van der Waals surface area contributed by atoms with Crippen LogP contribution in [0.1, 0.15) is 50.8 Å². The van der Waals surface area contributed by atoms with Crippen molar-refractivity contribution in [2.75, 3.05) is 13.1 Å². The van der Waals surface area contributed by atoms with Crippen LogP contribution in [0.5, 0.6) is 0 Å². The van der Waals surface area contributed by atoms with E-state index in [4.69, 9.17) is 9.90 Å². The zero-order valence-electron chi connectivity index (χ0n) is 16.5. The van der Waals surface area contributed by atoms with Gasteiger partial charge in [-0.05, 0) is 70.2 Å². The summed E-state index contributed by atoms with van der Waals surface area (Å²) in [4.78, 5) is 8.90. The second kappa shape index (κ2) is 8.69. The minimum atomic E-state index is -5.08. The van der Waals surface area contributed by atoms with Crippen LogP contribution in [-0.2, 0) is 22.2 Å². The van der Waals surface area contributed by atoms with Crippen LogP contribution in [0.25, 0.3) is 0 Å². The Morgan fingerprint density at radius 3 is 2.28 bits per heavy atom. The number of carbonyl (C=O) groups is 1. The molecule has 0 aromatic heterocycles. The highest BCUT2D eigenvalue weighted by molar-refractivity contribution is 7.84. The number of hydrogen-bond donors (Lipinski definition) is 3. The predicted molar refractivity (Wildman–Crippen MR) is 102 cm³/mol. The molecular formula is C19H26F4N2O3S. The van der Waals surface area contributed by atoms with Crippen molar-refractivity contribution in [2.45, 2.75) is 57.0 Å². The molecule has 1 aromatic rings. The first-order valence-electron chi connectivity index (χ1n) is 9.24. The van der Waals surface area contributed by atoms with E-state index in [9.17, 15) is 21.8 Å². The van der Waals surface area contributed by atoms with Gasteiger partial charge in [0.15, 0.2) is 0 Å². The molecule has 0 bridgehead atoms. The van der Waals surface area contributed by atoms with E-state index >= 15 is 0 Å². The van der Waals surface area contributed by atoms with Crippen molar-refractivity contribution in [3.8, 4) is 0 Å². The van der Waals surface area contributed by atoms with Crippen molar-refractivity contribution in [1.82, 2.24) is 10.0 Å². The SMILES string of the molecule is CC(C)(C)S(=O)N[C@H]1c2c(F)cccc2CC12CCNCC2.O=C(O)C(F)(F)F. The number of rotatable bonds is 2. The molecule has 0 amide bonds. The number of piperidine rings is 1. The van der Waals surface area contributed by atoms with Gasteiger partial charge in [-0.3, -0.25) is 0 Å². The van der Waals surface area contributed by atoms with Gasteiger partial charge < -0.3 is 10.4 Å². The van der Waals surface area contributed by atoms with E-state index < -0.39 is 23.1 Å². The van der Waals surface area contributed by atoms with Crippen LogP contribution >= 0.6 is 0 Å². The Kier molecular flexibility index (Phi) is 7.12. The summed E-state index contributed by atoms with van der Waals surface area (Å²) in [6.07, 6.45) is -2.24. The van der Waals surface area contributed by atoms with Gasteiger partial charge in [0.2, 0.25) is 0 Å². The number of halogens is 4. The van der Waals surface area contributed by atoms with Gasteiger partial charge in [-0.15, -0.1) is 0 Å². The fourth-order valence-corrected chi connectivity index (χ4v) is 4.64. The van der Waals surface area contributed by atoms with Gasteiger partial charge in [-0.1, -0.05) is 12.1 Å². The van der Waals surface area contributed by atoms with E-state index in [2.05, 4.69) is 10.0 Å². The smallest absolute Gasteiger partial charge is 0.475 e. The molecule has 3 rings (SSSR count). The van der Waals surface area contributed by atoms with Gasteiger partial charge in [-0.2, -0.15) is 13.2 Å². The molecule has 1 unspecified atom stereocenters. The zero-order chi connectivity index (χ0) is 22.0. The molecule has 1 aromatic carbocycles. The topological polar surface area (TPSA) is 78.4 Å². The van der Waals surface area contributed by atoms with E-state index in [1.54, 1.807) is 6.07 Å². The summed E-state index contributed by atoms with van der Waals surface area (Å²) in [7, 11) is -1.21. The molecule has 3 N–H and O–H groups in total. The lowest BCUT2D eigenvalue weighted by Crippen LogP contribution is -2.46. The Balaban J connectivity index is 0.000000370. The minimum absolute atomic E-state index is 0.0172. The van der Waals surface area contributed by atoms with Crippen LogP contribution < -0.4 is 10.0 Å². The Bertz CT molecular complexity index is 772. The summed E-state index contributed by atoms with van der Waals surface area (Å²) < 4.78 is 61.8. The zero-order valence-corrected chi connectivity index (χ0v) is 17.3. The third-order valence-corrected chi connectivity index (χ3v) is 6.77. The molecule has 5 nitrogen and oxygen atoms in total. The van der Waals surface area contributed by atoms with Crippen molar-refractivity contribution in [3.63, 3.8) is 0 Å². The molecule has 1 saturated heterocycles. The predicted octanol–water partition coefficient (Wildman–Crippen LogP) is 3.48. The van der Waals surface area contributed by atoms with Gasteiger partial charge >= 0.3 is 12.1 Å². The molecule has 164 valence electrons. The summed E-state index contributed by atoms with van der Waals surface area (Å²) in [5, 5.41) is 10.5. The first-order valence-corrected chi connectivity index (χ1v) is 10.4. The Morgan fingerprint density at radius 2 is 1.79 bits per heavy atom. The molecular weight excluding hydrogens is 412 g/mol. The van der Waals surface area contributed by atoms with Gasteiger partial charge in [-0.25, -0.2) is 18.1 Å². The average molecular weight is 438 g/mol. The maximum absolute atomic E-state index is 14.5. The fraction of sp³-hybridized carbons (Fsp3) is 0.632. The van der Waals surface area contributed by atoms with Crippen LogP contribution in [-0.4, -0.2) is 39.3 Å². The van der Waals surface area contributed by atoms with Crippen molar-refractivity contribution in [3.05, 3.63) is 35.1 Å². The molecule has 2 aliphatic rings. The summed E-state index contributed by atoms with van der Waals surface area (Å²) in [6, 6.07) is 5.16.